The van der Waals surface area contributed by atoms with Crippen LogP contribution in [0.3, 0.4) is 0 Å². The Labute approximate surface area is 144 Å². The number of carbonyl (C=O) groups excluding carboxylic acids is 1. The summed E-state index contributed by atoms with van der Waals surface area (Å²) >= 11 is 0. The molecule has 0 radical (unpaired) electrons. The number of nitrogens with two attached hydrogens (primary N) is 1. The quantitative estimate of drug-likeness (QED) is 0.891. The van der Waals surface area contributed by atoms with E-state index in [1.54, 1.807) is 0 Å². The predicted molar refractivity (Wildman–Crippen MR) is 99.1 cm³/mol. The molecule has 124 valence electrons. The molecule has 3 N–H and O–H groups in total. The SMILES string of the molecule is CC(C)(C)c1ccc(NC(=O)[C@@H](N)Cc2ccccc2)cc1.Cl. The van der Waals surface area contributed by atoms with Gasteiger partial charge in [0.2, 0.25) is 5.91 Å². The third-order valence-electron chi connectivity index (χ3n) is 3.65. The first kappa shape index (κ1) is 19.2. The Hall–Kier alpha value is -1.84. The lowest BCUT2D eigenvalue weighted by atomic mass is 9.87. The lowest BCUT2D eigenvalue weighted by Crippen LogP contribution is -2.37. The topological polar surface area (TPSA) is 55.1 Å². The van der Waals surface area contributed by atoms with E-state index in [1.165, 1.54) is 5.56 Å². The lowest BCUT2D eigenvalue weighted by Gasteiger charge is -2.19. The van der Waals surface area contributed by atoms with Gasteiger partial charge in [-0.15, -0.1) is 12.4 Å². The number of anilines is 1. The van der Waals surface area contributed by atoms with Gasteiger partial charge in [0.15, 0.2) is 0 Å². The maximum atomic E-state index is 12.2. The van der Waals surface area contributed by atoms with Crippen molar-refractivity contribution in [1.82, 2.24) is 0 Å². The number of benzene rings is 2. The van der Waals surface area contributed by atoms with Crippen LogP contribution in [-0.4, -0.2) is 11.9 Å². The molecule has 0 saturated heterocycles. The Bertz CT molecular complexity index is 618. The second kappa shape index (κ2) is 8.14. The molecule has 2 rings (SSSR count). The minimum atomic E-state index is -0.551. The van der Waals surface area contributed by atoms with E-state index in [-0.39, 0.29) is 23.7 Å². The Morgan fingerprint density at radius 2 is 1.61 bits per heavy atom. The number of halogens is 1. The van der Waals surface area contributed by atoms with E-state index in [4.69, 9.17) is 5.73 Å². The van der Waals surface area contributed by atoms with Gasteiger partial charge in [0.25, 0.3) is 0 Å². The number of nitrogens with one attached hydrogen (secondary N) is 1. The number of rotatable bonds is 4. The van der Waals surface area contributed by atoms with Crippen LogP contribution in [0.4, 0.5) is 5.69 Å². The van der Waals surface area contributed by atoms with E-state index >= 15 is 0 Å². The Balaban J connectivity index is 0.00000264. The van der Waals surface area contributed by atoms with Crippen LogP contribution in [0.1, 0.15) is 31.9 Å². The molecule has 0 saturated carbocycles. The molecule has 4 heteroatoms. The van der Waals surface area contributed by atoms with Gasteiger partial charge >= 0.3 is 0 Å². The summed E-state index contributed by atoms with van der Waals surface area (Å²) in [5.41, 5.74) is 9.17. The minimum absolute atomic E-state index is 0. The van der Waals surface area contributed by atoms with Crippen LogP contribution in [0.25, 0.3) is 0 Å². The van der Waals surface area contributed by atoms with Gasteiger partial charge in [-0.3, -0.25) is 4.79 Å². The molecule has 2 aromatic rings. The molecule has 0 aliphatic heterocycles. The molecule has 3 nitrogen and oxygen atoms in total. The molecular weight excluding hydrogens is 308 g/mol. The zero-order chi connectivity index (χ0) is 16.2. The van der Waals surface area contributed by atoms with Gasteiger partial charge in [-0.05, 0) is 35.1 Å². The van der Waals surface area contributed by atoms with Crippen LogP contribution in [-0.2, 0) is 16.6 Å². The molecule has 1 atom stereocenters. The van der Waals surface area contributed by atoms with E-state index in [9.17, 15) is 4.79 Å². The summed E-state index contributed by atoms with van der Waals surface area (Å²) in [5, 5.41) is 2.88. The molecule has 0 unspecified atom stereocenters. The van der Waals surface area contributed by atoms with Gasteiger partial charge < -0.3 is 11.1 Å². The van der Waals surface area contributed by atoms with Crippen LogP contribution in [0, 0.1) is 0 Å². The van der Waals surface area contributed by atoms with Gasteiger partial charge in [0.05, 0.1) is 6.04 Å². The van der Waals surface area contributed by atoms with Gasteiger partial charge in [0.1, 0.15) is 0 Å². The van der Waals surface area contributed by atoms with Crippen LogP contribution in [0.2, 0.25) is 0 Å². The highest BCUT2D eigenvalue weighted by molar-refractivity contribution is 5.94. The van der Waals surface area contributed by atoms with Crippen molar-refractivity contribution in [1.29, 1.82) is 0 Å². The highest BCUT2D eigenvalue weighted by Gasteiger charge is 2.16. The maximum Gasteiger partial charge on any atom is 0.241 e. The molecule has 0 bridgehead atoms. The Kier molecular flexibility index (Phi) is 6.79. The van der Waals surface area contributed by atoms with Gasteiger partial charge in [-0.1, -0.05) is 63.2 Å². The van der Waals surface area contributed by atoms with Crippen molar-refractivity contribution in [2.75, 3.05) is 5.32 Å². The number of amides is 1. The molecule has 23 heavy (non-hydrogen) atoms. The molecule has 0 spiro atoms. The first-order valence-electron chi connectivity index (χ1n) is 7.57. The van der Waals surface area contributed by atoms with Gasteiger partial charge in [-0.2, -0.15) is 0 Å². The Morgan fingerprint density at radius 1 is 1.04 bits per heavy atom. The smallest absolute Gasteiger partial charge is 0.241 e. The summed E-state index contributed by atoms with van der Waals surface area (Å²) in [6, 6.07) is 17.2. The number of carbonyl (C=O) groups is 1. The van der Waals surface area contributed by atoms with Crippen molar-refractivity contribution in [2.45, 2.75) is 38.6 Å². The average molecular weight is 333 g/mol. The molecule has 0 aliphatic rings. The molecule has 0 aliphatic carbocycles. The second-order valence-electron chi connectivity index (χ2n) is 6.61. The third kappa shape index (κ3) is 5.70. The van der Waals surface area contributed by atoms with Gasteiger partial charge in [-0.25, -0.2) is 0 Å². The first-order chi connectivity index (χ1) is 10.4. The maximum absolute atomic E-state index is 12.2. The Morgan fingerprint density at radius 3 is 2.13 bits per heavy atom. The standard InChI is InChI=1S/C19H24N2O.ClH/c1-19(2,3)15-9-11-16(12-10-15)21-18(22)17(20)13-14-7-5-4-6-8-14;/h4-12,17H,13,20H2,1-3H3,(H,21,22);1H/t17-;/m0./s1. The van der Waals surface area contributed by atoms with Crippen LogP contribution in [0.15, 0.2) is 54.6 Å². The van der Waals surface area contributed by atoms with Crippen molar-refractivity contribution in [3.63, 3.8) is 0 Å². The molecule has 1 amide bonds. The van der Waals surface area contributed by atoms with Crippen molar-refractivity contribution < 1.29 is 4.79 Å². The molecule has 2 aromatic carbocycles. The number of hydrogen-bond acceptors (Lipinski definition) is 2. The fourth-order valence-electron chi connectivity index (χ4n) is 2.25. The summed E-state index contributed by atoms with van der Waals surface area (Å²) in [4.78, 5) is 12.2. The van der Waals surface area contributed by atoms with Crippen molar-refractivity contribution >= 4 is 24.0 Å². The zero-order valence-electron chi connectivity index (χ0n) is 13.9. The van der Waals surface area contributed by atoms with E-state index in [0.29, 0.717) is 6.42 Å². The monoisotopic (exact) mass is 332 g/mol. The van der Waals surface area contributed by atoms with E-state index < -0.39 is 6.04 Å². The molecule has 0 aromatic heterocycles. The largest absolute Gasteiger partial charge is 0.325 e. The molecule has 0 heterocycles. The van der Waals surface area contributed by atoms with Crippen LogP contribution in [0.5, 0.6) is 0 Å². The van der Waals surface area contributed by atoms with E-state index in [1.807, 2.05) is 54.6 Å². The summed E-state index contributed by atoms with van der Waals surface area (Å²) < 4.78 is 0. The number of hydrogen-bond donors (Lipinski definition) is 2. The summed E-state index contributed by atoms with van der Waals surface area (Å²) in [6.45, 7) is 6.49. The van der Waals surface area contributed by atoms with Crippen molar-refractivity contribution in [3.05, 3.63) is 65.7 Å². The highest BCUT2D eigenvalue weighted by Crippen LogP contribution is 2.23. The zero-order valence-corrected chi connectivity index (χ0v) is 14.7. The van der Waals surface area contributed by atoms with Crippen molar-refractivity contribution in [2.24, 2.45) is 5.73 Å². The summed E-state index contributed by atoms with van der Waals surface area (Å²) in [5.74, 6) is -0.160. The highest BCUT2D eigenvalue weighted by atomic mass is 35.5. The van der Waals surface area contributed by atoms with E-state index in [0.717, 1.165) is 11.3 Å². The second-order valence-corrected chi connectivity index (χ2v) is 6.61. The lowest BCUT2D eigenvalue weighted by molar-refractivity contribution is -0.117. The fraction of sp³-hybridized carbons (Fsp3) is 0.316. The first-order valence-corrected chi connectivity index (χ1v) is 7.57. The van der Waals surface area contributed by atoms with E-state index in [2.05, 4.69) is 26.1 Å². The third-order valence-corrected chi connectivity index (χ3v) is 3.65. The van der Waals surface area contributed by atoms with Crippen LogP contribution >= 0.6 is 12.4 Å². The van der Waals surface area contributed by atoms with Crippen molar-refractivity contribution in [3.8, 4) is 0 Å². The van der Waals surface area contributed by atoms with Gasteiger partial charge in [0, 0.05) is 5.69 Å². The average Bonchev–Trinajstić information content (AvgIpc) is 2.48. The molecular formula is C19H25ClN2O. The summed E-state index contributed by atoms with van der Waals surface area (Å²) in [6.07, 6.45) is 0.534. The molecule has 0 fully saturated rings. The minimum Gasteiger partial charge on any atom is -0.325 e. The fourth-order valence-corrected chi connectivity index (χ4v) is 2.25. The predicted octanol–water partition coefficient (Wildman–Crippen LogP) is 3.91. The van der Waals surface area contributed by atoms with Crippen LogP contribution < -0.4 is 11.1 Å². The summed E-state index contributed by atoms with van der Waals surface area (Å²) in [7, 11) is 0. The normalized spacial score (nSPS) is 12.2.